The first-order valence-corrected chi connectivity index (χ1v) is 7.62. The number of aromatic amines is 1. The van der Waals surface area contributed by atoms with Gasteiger partial charge in [-0.25, -0.2) is 8.42 Å². The fourth-order valence-electron chi connectivity index (χ4n) is 2.05. The molecule has 0 spiro atoms. The number of benzene rings is 1. The number of nitrogen functional groups attached to an aromatic ring is 1. The Balaban J connectivity index is 2.55. The molecule has 1 aromatic heterocycles. The molecule has 0 aliphatic carbocycles. The summed E-state index contributed by atoms with van der Waals surface area (Å²) < 4.78 is 27.7. The van der Waals surface area contributed by atoms with Gasteiger partial charge in [-0.15, -0.1) is 0 Å². The third kappa shape index (κ3) is 2.36. The van der Waals surface area contributed by atoms with Crippen LogP contribution < -0.4 is 10.5 Å². The van der Waals surface area contributed by atoms with Crippen molar-refractivity contribution < 1.29 is 8.42 Å². The summed E-state index contributed by atoms with van der Waals surface area (Å²) in [5.41, 5.74) is 9.27. The molecule has 0 saturated heterocycles. The van der Waals surface area contributed by atoms with Crippen LogP contribution in [0.25, 0.3) is 0 Å². The number of aryl methyl sites for hydroxylation is 4. The van der Waals surface area contributed by atoms with Gasteiger partial charge >= 0.3 is 0 Å². The lowest BCUT2D eigenvalue weighted by Crippen LogP contribution is -2.17. The molecule has 6 nitrogen and oxygen atoms in total. The molecule has 0 fully saturated rings. The first-order valence-electron chi connectivity index (χ1n) is 6.14. The zero-order chi connectivity index (χ0) is 15.1. The predicted molar refractivity (Wildman–Crippen MR) is 79.2 cm³/mol. The Labute approximate surface area is 118 Å². The third-order valence-corrected chi connectivity index (χ3v) is 4.80. The van der Waals surface area contributed by atoms with Crippen LogP contribution in [0.2, 0.25) is 0 Å². The van der Waals surface area contributed by atoms with Crippen molar-refractivity contribution in [1.29, 1.82) is 0 Å². The van der Waals surface area contributed by atoms with Crippen LogP contribution >= 0.6 is 0 Å². The van der Waals surface area contributed by atoms with Gasteiger partial charge in [0, 0.05) is 0 Å². The average molecular weight is 294 g/mol. The van der Waals surface area contributed by atoms with Crippen LogP contribution in [0.5, 0.6) is 0 Å². The van der Waals surface area contributed by atoms with Crippen molar-refractivity contribution in [2.75, 3.05) is 10.5 Å². The number of rotatable bonds is 3. The number of sulfonamides is 1. The topological polar surface area (TPSA) is 101 Å². The van der Waals surface area contributed by atoms with E-state index in [1.165, 1.54) is 0 Å². The molecule has 4 N–H and O–H groups in total. The van der Waals surface area contributed by atoms with Gasteiger partial charge in [0.1, 0.15) is 4.90 Å². The highest BCUT2D eigenvalue weighted by molar-refractivity contribution is 7.93. The fraction of sp³-hybridized carbons (Fsp3) is 0.308. The van der Waals surface area contributed by atoms with Gasteiger partial charge in [-0.3, -0.25) is 9.82 Å². The molecule has 1 heterocycles. The van der Waals surface area contributed by atoms with E-state index in [2.05, 4.69) is 14.9 Å². The summed E-state index contributed by atoms with van der Waals surface area (Å²) >= 11 is 0. The highest BCUT2D eigenvalue weighted by atomic mass is 32.2. The maximum absolute atomic E-state index is 12.6. The van der Waals surface area contributed by atoms with Crippen molar-refractivity contribution in [2.24, 2.45) is 0 Å². The zero-order valence-electron chi connectivity index (χ0n) is 11.9. The molecule has 108 valence electrons. The highest BCUT2D eigenvalue weighted by Gasteiger charge is 2.23. The maximum atomic E-state index is 12.6. The summed E-state index contributed by atoms with van der Waals surface area (Å²) in [4.78, 5) is 0.123. The lowest BCUT2D eigenvalue weighted by molar-refractivity contribution is 0.601. The Morgan fingerprint density at radius 3 is 2.30 bits per heavy atom. The molecule has 0 bridgehead atoms. The second-order valence-electron chi connectivity index (χ2n) is 4.86. The highest BCUT2D eigenvalue weighted by Crippen LogP contribution is 2.29. The molecule has 0 unspecified atom stereocenters. The van der Waals surface area contributed by atoms with Gasteiger partial charge in [0.25, 0.3) is 10.0 Å². The van der Waals surface area contributed by atoms with E-state index in [0.717, 1.165) is 5.56 Å². The van der Waals surface area contributed by atoms with Gasteiger partial charge in [-0.1, -0.05) is 12.1 Å². The minimum absolute atomic E-state index is 0.123. The van der Waals surface area contributed by atoms with Crippen LogP contribution in [0.3, 0.4) is 0 Å². The average Bonchev–Trinajstić information content (AvgIpc) is 2.65. The summed E-state index contributed by atoms with van der Waals surface area (Å²) in [5, 5.41) is 6.72. The number of anilines is 2. The monoisotopic (exact) mass is 294 g/mol. The summed E-state index contributed by atoms with van der Waals surface area (Å²) in [5.74, 6) is 0. The second-order valence-corrected chi connectivity index (χ2v) is 6.48. The van der Waals surface area contributed by atoms with Gasteiger partial charge in [0.15, 0.2) is 0 Å². The number of nitrogens with two attached hydrogens (primary N) is 1. The molecule has 1 aromatic carbocycles. The predicted octanol–water partition coefficient (Wildman–Crippen LogP) is 2.03. The molecule has 0 aliphatic heterocycles. The molecule has 20 heavy (non-hydrogen) atoms. The first-order chi connectivity index (χ1) is 9.24. The quantitative estimate of drug-likeness (QED) is 0.754. The van der Waals surface area contributed by atoms with Gasteiger partial charge in [0.2, 0.25) is 0 Å². The van der Waals surface area contributed by atoms with E-state index in [9.17, 15) is 8.42 Å². The second kappa shape index (κ2) is 4.82. The van der Waals surface area contributed by atoms with E-state index < -0.39 is 10.0 Å². The Hall–Kier alpha value is -2.02. The minimum atomic E-state index is -3.75. The summed E-state index contributed by atoms with van der Waals surface area (Å²) in [7, 11) is -3.75. The van der Waals surface area contributed by atoms with Crippen molar-refractivity contribution >= 4 is 21.4 Å². The van der Waals surface area contributed by atoms with E-state index in [-0.39, 0.29) is 10.6 Å². The smallest absolute Gasteiger partial charge is 0.264 e. The number of nitrogens with zero attached hydrogens (tertiary/aromatic N) is 1. The van der Waals surface area contributed by atoms with Crippen LogP contribution in [0, 0.1) is 27.7 Å². The van der Waals surface area contributed by atoms with Crippen LogP contribution in [-0.2, 0) is 10.0 Å². The number of hydrogen-bond donors (Lipinski definition) is 3. The van der Waals surface area contributed by atoms with Crippen molar-refractivity contribution in [3.8, 4) is 0 Å². The molecule has 0 atom stereocenters. The Kier molecular flexibility index (Phi) is 3.47. The Morgan fingerprint density at radius 2 is 1.75 bits per heavy atom. The number of nitrogens with one attached hydrogen (secondary N) is 2. The molecular weight excluding hydrogens is 276 g/mol. The van der Waals surface area contributed by atoms with E-state index in [0.29, 0.717) is 22.6 Å². The van der Waals surface area contributed by atoms with Crippen LogP contribution in [0.15, 0.2) is 17.0 Å². The molecule has 2 aromatic rings. The maximum Gasteiger partial charge on any atom is 0.264 e. The zero-order valence-corrected chi connectivity index (χ0v) is 12.7. The number of H-pyrrole nitrogens is 1. The molecule has 0 saturated carbocycles. The van der Waals surface area contributed by atoms with Crippen LogP contribution in [-0.4, -0.2) is 18.6 Å². The van der Waals surface area contributed by atoms with Crippen molar-refractivity contribution in [1.82, 2.24) is 10.2 Å². The standard InChI is InChI=1S/C13H18N4O2S/c1-7-5-6-8(2)13(11(7)14)20(18,19)17-12-9(3)15-16-10(12)4/h5-6,17H,14H2,1-4H3,(H,15,16). The largest absolute Gasteiger partial charge is 0.397 e. The van der Waals surface area contributed by atoms with Gasteiger partial charge < -0.3 is 5.73 Å². The summed E-state index contributed by atoms with van der Waals surface area (Å²) in [6.07, 6.45) is 0. The lowest BCUT2D eigenvalue weighted by Gasteiger charge is -2.14. The molecule has 0 radical (unpaired) electrons. The van der Waals surface area contributed by atoms with Crippen molar-refractivity contribution in [2.45, 2.75) is 32.6 Å². The van der Waals surface area contributed by atoms with E-state index >= 15 is 0 Å². The molecule has 0 amide bonds. The van der Waals surface area contributed by atoms with Gasteiger partial charge in [0.05, 0.1) is 22.8 Å². The summed E-state index contributed by atoms with van der Waals surface area (Å²) in [6.45, 7) is 6.99. The number of aromatic nitrogens is 2. The first kappa shape index (κ1) is 14.4. The Bertz CT molecular complexity index is 743. The summed E-state index contributed by atoms with van der Waals surface area (Å²) in [6, 6.07) is 3.55. The van der Waals surface area contributed by atoms with E-state index in [1.807, 2.05) is 0 Å². The van der Waals surface area contributed by atoms with E-state index in [1.54, 1.807) is 39.8 Å². The normalized spacial score (nSPS) is 11.6. The number of hydrogen-bond acceptors (Lipinski definition) is 4. The lowest BCUT2D eigenvalue weighted by atomic mass is 10.1. The van der Waals surface area contributed by atoms with Crippen LogP contribution in [0.4, 0.5) is 11.4 Å². The van der Waals surface area contributed by atoms with Crippen molar-refractivity contribution in [3.05, 3.63) is 34.6 Å². The molecule has 0 aliphatic rings. The van der Waals surface area contributed by atoms with Crippen LogP contribution in [0.1, 0.15) is 22.5 Å². The molecule has 7 heteroatoms. The van der Waals surface area contributed by atoms with Crippen molar-refractivity contribution in [3.63, 3.8) is 0 Å². The third-order valence-electron chi connectivity index (χ3n) is 3.24. The Morgan fingerprint density at radius 1 is 1.15 bits per heavy atom. The molecular formula is C13H18N4O2S. The van der Waals surface area contributed by atoms with Gasteiger partial charge in [-0.2, -0.15) is 5.10 Å². The fourth-order valence-corrected chi connectivity index (χ4v) is 3.66. The SMILES string of the molecule is Cc1ccc(C)c(S(=O)(=O)Nc2c(C)n[nH]c2C)c1N. The molecule has 2 rings (SSSR count). The van der Waals surface area contributed by atoms with E-state index in [4.69, 9.17) is 5.73 Å². The van der Waals surface area contributed by atoms with Gasteiger partial charge in [-0.05, 0) is 38.8 Å². The minimum Gasteiger partial charge on any atom is -0.397 e.